The molecule has 11 heteroatoms. The van der Waals surface area contributed by atoms with Gasteiger partial charge in [-0.2, -0.15) is 16.8 Å². The third-order valence-electron chi connectivity index (χ3n) is 0.919. The first-order valence-corrected chi connectivity index (χ1v) is 6.08. The molecule has 0 fully saturated rings. The molecule has 94 valence electrons. The van der Waals surface area contributed by atoms with Crippen molar-refractivity contribution in [1.29, 1.82) is 0 Å². The quantitative estimate of drug-likeness (QED) is 0.411. The summed E-state index contributed by atoms with van der Waals surface area (Å²) in [5.41, 5.74) is 0. The van der Waals surface area contributed by atoms with Gasteiger partial charge in [0.25, 0.3) is 0 Å². The smallest absolute Gasteiger partial charge is 0.379 e. The van der Waals surface area contributed by atoms with Gasteiger partial charge in [-0.1, -0.05) is 0 Å². The third-order valence-corrected chi connectivity index (χ3v) is 2.30. The molecule has 0 aromatic heterocycles. The van der Waals surface area contributed by atoms with E-state index >= 15 is 0 Å². The van der Waals surface area contributed by atoms with E-state index < -0.39 is 20.8 Å². The van der Waals surface area contributed by atoms with E-state index in [1.165, 1.54) is 0 Å². The van der Waals surface area contributed by atoms with Crippen molar-refractivity contribution in [3.8, 4) is 0 Å². The highest BCUT2D eigenvalue weighted by Gasteiger charge is 2.15. The summed E-state index contributed by atoms with van der Waals surface area (Å²) in [6.45, 7) is 1.72. The van der Waals surface area contributed by atoms with Gasteiger partial charge in [-0.3, -0.25) is 14.0 Å². The Balaban J connectivity index is 0. The van der Waals surface area contributed by atoms with Crippen LogP contribution >= 0.6 is 0 Å². The summed E-state index contributed by atoms with van der Waals surface area (Å²) in [6.07, 6.45) is -0.315. The Morgan fingerprint density at radius 3 is 1.27 bits per heavy atom. The molecule has 0 aliphatic heterocycles. The summed E-state index contributed by atoms with van der Waals surface area (Å²) >= 11 is 0. The van der Waals surface area contributed by atoms with Gasteiger partial charge in [0.2, 0.25) is 0 Å². The summed E-state index contributed by atoms with van der Waals surface area (Å²) in [7, 11) is -6.59. The first-order valence-electron chi connectivity index (χ1n) is 3.35. The lowest BCUT2D eigenvalue weighted by molar-refractivity contribution is 0.0578. The molecule has 1 atom stereocenters. The number of rotatable bonds is 3. The molecule has 0 aromatic rings. The van der Waals surface area contributed by atoms with Crippen LogP contribution in [0, 0.1) is 0 Å². The van der Waals surface area contributed by atoms with Crippen molar-refractivity contribution >= 4 is 20.8 Å². The maximum atomic E-state index is 9.44. The van der Waals surface area contributed by atoms with E-state index in [9.17, 15) is 16.8 Å². The van der Waals surface area contributed by atoms with Crippen molar-refractivity contribution in [2.24, 2.45) is 0 Å². The first-order chi connectivity index (χ1) is 6.35. The van der Waals surface area contributed by atoms with E-state index in [2.05, 4.69) is 3.63 Å². The summed E-state index contributed by atoms with van der Waals surface area (Å²) in [5, 5.41) is 8.56. The van der Waals surface area contributed by atoms with Gasteiger partial charge in [0, 0.05) is 0 Å². The fraction of sp³-hybridized carbons (Fsp3) is 1.00. The highest BCUT2D eigenvalue weighted by atomic mass is 32.3. The van der Waals surface area contributed by atoms with Crippen molar-refractivity contribution < 1.29 is 34.7 Å². The van der Waals surface area contributed by atoms with E-state index in [1.54, 1.807) is 11.8 Å². The molecule has 1 unspecified atom stereocenters. The maximum Gasteiger partial charge on any atom is 0.413 e. The van der Waals surface area contributed by atoms with Gasteiger partial charge in [0.1, 0.15) is 6.23 Å². The molecule has 0 aliphatic rings. The zero-order valence-corrected chi connectivity index (χ0v) is 9.86. The van der Waals surface area contributed by atoms with E-state index in [-0.39, 0.29) is 6.23 Å². The number of aliphatic hydroxyl groups is 1. The minimum atomic E-state index is -5.12. The third kappa shape index (κ3) is 19.9. The van der Waals surface area contributed by atoms with Gasteiger partial charge in [-0.15, -0.1) is 3.63 Å². The van der Waals surface area contributed by atoms with Crippen LogP contribution < -0.4 is 0 Å². The minimum Gasteiger partial charge on any atom is -0.379 e. The zero-order chi connectivity index (χ0) is 12.9. The van der Waals surface area contributed by atoms with Crippen molar-refractivity contribution in [2.45, 2.75) is 13.2 Å². The Labute approximate surface area is 88.2 Å². The Bertz CT molecular complexity index is 318. The van der Waals surface area contributed by atoms with Crippen LogP contribution in [0.4, 0.5) is 0 Å². The van der Waals surface area contributed by atoms with Gasteiger partial charge in [0.05, 0.1) is 0 Å². The van der Waals surface area contributed by atoms with Crippen LogP contribution in [0.25, 0.3) is 0 Å². The van der Waals surface area contributed by atoms with Crippen LogP contribution in [0.5, 0.6) is 0 Å². The predicted octanol–water partition coefficient (Wildman–Crippen LogP) is -1.51. The molecule has 0 aromatic carbocycles. The fourth-order valence-electron chi connectivity index (χ4n) is 0.109. The molecule has 3 N–H and O–H groups in total. The van der Waals surface area contributed by atoms with Gasteiger partial charge >= 0.3 is 20.8 Å². The van der Waals surface area contributed by atoms with Gasteiger partial charge in [0.15, 0.2) is 0 Å². The molecule has 0 aliphatic carbocycles. The lowest BCUT2D eigenvalue weighted by Crippen LogP contribution is -2.23. The predicted molar refractivity (Wildman–Crippen MR) is 49.6 cm³/mol. The lowest BCUT2D eigenvalue weighted by atomic mass is 10.6. The van der Waals surface area contributed by atoms with Crippen LogP contribution in [-0.4, -0.2) is 56.3 Å². The molecule has 0 radical (unpaired) electrons. The number of hydrogen-bond donors (Lipinski definition) is 3. The monoisotopic (exact) mass is 267 g/mol. The maximum absolute atomic E-state index is 9.44. The molecule has 0 heterocycles. The Hall–Kier alpha value is -0.300. The second-order valence-electron chi connectivity index (χ2n) is 2.52. The van der Waals surface area contributed by atoms with Crippen molar-refractivity contribution in [3.05, 3.63) is 0 Å². The van der Waals surface area contributed by atoms with Gasteiger partial charge < -0.3 is 5.11 Å². The Morgan fingerprint density at radius 1 is 1.07 bits per heavy atom. The standard InChI is InChI=1S/C4H11NO.H2O7S2/c1-4(6)5(2)3;1-8(2,3)7-9(4,5)6/h4,6H,1-3H3;(H,1,2,3)(H,4,5,6). The fourth-order valence-corrected chi connectivity index (χ4v) is 0.978. The Morgan fingerprint density at radius 2 is 1.27 bits per heavy atom. The van der Waals surface area contributed by atoms with Crippen molar-refractivity contribution in [2.75, 3.05) is 14.1 Å². The SMILES string of the molecule is CC(O)N(C)C.O=S(=O)(O)OS(=O)(=O)O. The second kappa shape index (κ2) is 6.32. The molecule has 0 amide bonds. The van der Waals surface area contributed by atoms with E-state index in [1.807, 2.05) is 14.1 Å². The molecule has 9 nitrogen and oxygen atoms in total. The van der Waals surface area contributed by atoms with Crippen LogP contribution in [0.1, 0.15) is 6.92 Å². The molecule has 0 bridgehead atoms. The van der Waals surface area contributed by atoms with Crippen LogP contribution in [-0.2, 0) is 24.4 Å². The van der Waals surface area contributed by atoms with Crippen molar-refractivity contribution in [3.63, 3.8) is 0 Å². The topological polar surface area (TPSA) is 141 Å². The average molecular weight is 267 g/mol. The van der Waals surface area contributed by atoms with Gasteiger partial charge in [-0.25, -0.2) is 0 Å². The van der Waals surface area contributed by atoms with Crippen LogP contribution in [0.15, 0.2) is 0 Å². The molecular weight excluding hydrogens is 254 g/mol. The van der Waals surface area contributed by atoms with Crippen LogP contribution in [0.3, 0.4) is 0 Å². The summed E-state index contributed by atoms with van der Waals surface area (Å²) in [5.74, 6) is 0. The zero-order valence-electron chi connectivity index (χ0n) is 8.22. The average Bonchev–Trinajstić information content (AvgIpc) is 1.78. The number of hydrogen-bond acceptors (Lipinski definition) is 7. The Kier molecular flexibility index (Phi) is 7.21. The first kappa shape index (κ1) is 17.1. The minimum absolute atomic E-state index is 0.315. The summed E-state index contributed by atoms with van der Waals surface area (Å²) in [4.78, 5) is 1.72. The summed E-state index contributed by atoms with van der Waals surface area (Å²) < 4.78 is 55.6. The van der Waals surface area contributed by atoms with Crippen LogP contribution in [0.2, 0.25) is 0 Å². The van der Waals surface area contributed by atoms with E-state index in [4.69, 9.17) is 14.2 Å². The number of nitrogens with zero attached hydrogens (tertiary/aromatic N) is 1. The molecule has 0 saturated carbocycles. The molecule has 0 rings (SSSR count). The second-order valence-corrected chi connectivity index (χ2v) is 4.77. The van der Waals surface area contributed by atoms with Crippen molar-refractivity contribution in [1.82, 2.24) is 4.90 Å². The molecular formula is C4H13NO8S2. The highest BCUT2D eigenvalue weighted by Crippen LogP contribution is 1.91. The van der Waals surface area contributed by atoms with E-state index in [0.717, 1.165) is 0 Å². The largest absolute Gasteiger partial charge is 0.413 e. The number of aliphatic hydroxyl groups excluding tert-OH is 1. The molecule has 0 spiro atoms. The normalized spacial score (nSPS) is 14.3. The lowest BCUT2D eigenvalue weighted by Gasteiger charge is -2.11. The summed E-state index contributed by atoms with van der Waals surface area (Å²) in [6, 6.07) is 0. The van der Waals surface area contributed by atoms with Gasteiger partial charge in [-0.05, 0) is 21.0 Å². The molecule has 0 saturated heterocycles. The molecule has 15 heavy (non-hydrogen) atoms. The van der Waals surface area contributed by atoms with E-state index in [0.29, 0.717) is 0 Å². The highest BCUT2D eigenvalue weighted by molar-refractivity contribution is 7.94.